The number of allylic oxidation sites excluding steroid dienone is 8. The first-order chi connectivity index (χ1) is 29.0. The number of rotatable bonds is 46. The highest BCUT2D eigenvalue weighted by atomic mass is 16.3. The van der Waals surface area contributed by atoms with Crippen LogP contribution in [-0.2, 0) is 4.79 Å². The molecule has 0 rings (SSSR count). The number of amides is 1. The van der Waals surface area contributed by atoms with E-state index < -0.39 is 36.9 Å². The Balaban J connectivity index is 3.69. The molecule has 0 aromatic rings. The van der Waals surface area contributed by atoms with Gasteiger partial charge in [0.1, 0.15) is 12.2 Å². The van der Waals surface area contributed by atoms with Crippen molar-refractivity contribution in [1.29, 1.82) is 0 Å². The Morgan fingerprint density at radius 2 is 0.763 bits per heavy atom. The van der Waals surface area contributed by atoms with E-state index in [1.165, 1.54) is 173 Å². The van der Waals surface area contributed by atoms with E-state index in [-0.39, 0.29) is 0 Å². The van der Waals surface area contributed by atoms with Crippen molar-refractivity contribution in [3.8, 4) is 0 Å². The summed E-state index contributed by atoms with van der Waals surface area (Å²) in [4.78, 5) is 12.5. The predicted molar refractivity (Wildman–Crippen MR) is 256 cm³/mol. The van der Waals surface area contributed by atoms with Gasteiger partial charge in [0.15, 0.2) is 0 Å². The van der Waals surface area contributed by atoms with E-state index in [9.17, 15) is 25.2 Å². The fourth-order valence-corrected chi connectivity index (χ4v) is 7.69. The van der Waals surface area contributed by atoms with Crippen molar-refractivity contribution >= 4 is 5.91 Å². The SMILES string of the molecule is CCCCCCCC/C=C/CC/C=C/CCCC(O)C(O)C(CO)NC(=O)C(O)CCCCCCCCCCCCCC/C=C\C/C=C\CCCCCCCCCCC. The molecular weight excluding hydrogens is 731 g/mol. The van der Waals surface area contributed by atoms with Gasteiger partial charge in [0, 0.05) is 0 Å². The maximum atomic E-state index is 12.5. The summed E-state index contributed by atoms with van der Waals surface area (Å²) in [5.41, 5.74) is 0. The quantitative estimate of drug-likeness (QED) is 0.0310. The second kappa shape index (κ2) is 47.3. The standard InChI is InChI=1S/C53H99NO5/c1-3-5-7-9-11-13-15-17-19-20-21-22-23-24-25-26-27-28-29-30-31-33-35-37-39-41-43-45-47-51(57)53(59)54-49(48-55)52(58)50(56)46-44-42-40-38-36-34-32-18-16-14-12-10-8-6-4-2/h18,21-22,24-25,32,38,40,49-52,55-58H,3-17,19-20,23,26-31,33-37,39,41-48H2,1-2H3,(H,54,59)/b22-21-,25-24-,32-18+,40-38+. The van der Waals surface area contributed by atoms with Crippen LogP contribution in [0.5, 0.6) is 0 Å². The Bertz CT molecular complexity index is 977. The van der Waals surface area contributed by atoms with Gasteiger partial charge in [-0.05, 0) is 83.5 Å². The molecule has 6 heteroatoms. The van der Waals surface area contributed by atoms with Crippen LogP contribution in [0, 0.1) is 0 Å². The molecule has 1 amide bonds. The van der Waals surface area contributed by atoms with Gasteiger partial charge in [-0.15, -0.1) is 0 Å². The Morgan fingerprint density at radius 1 is 0.424 bits per heavy atom. The summed E-state index contributed by atoms with van der Waals surface area (Å²) in [6.07, 6.45) is 58.8. The summed E-state index contributed by atoms with van der Waals surface area (Å²) in [5.74, 6) is -0.599. The van der Waals surface area contributed by atoms with E-state index >= 15 is 0 Å². The molecule has 346 valence electrons. The molecule has 4 atom stereocenters. The number of nitrogens with one attached hydrogen (secondary N) is 1. The lowest BCUT2D eigenvalue weighted by Gasteiger charge is -2.27. The minimum atomic E-state index is -1.29. The zero-order chi connectivity index (χ0) is 43.1. The van der Waals surface area contributed by atoms with Gasteiger partial charge in [-0.25, -0.2) is 0 Å². The van der Waals surface area contributed by atoms with E-state index in [0.717, 1.165) is 44.9 Å². The van der Waals surface area contributed by atoms with Gasteiger partial charge in [-0.1, -0.05) is 217 Å². The maximum Gasteiger partial charge on any atom is 0.249 e. The lowest BCUT2D eigenvalue weighted by atomic mass is 10.00. The zero-order valence-electron chi connectivity index (χ0n) is 39.0. The smallest absolute Gasteiger partial charge is 0.249 e. The van der Waals surface area contributed by atoms with E-state index in [2.05, 4.69) is 67.8 Å². The van der Waals surface area contributed by atoms with Crippen LogP contribution in [-0.4, -0.2) is 57.3 Å². The second-order valence-corrected chi connectivity index (χ2v) is 17.5. The molecule has 59 heavy (non-hydrogen) atoms. The van der Waals surface area contributed by atoms with Crippen LogP contribution in [0.2, 0.25) is 0 Å². The molecule has 0 aromatic carbocycles. The Labute approximate surface area is 366 Å². The summed E-state index contributed by atoms with van der Waals surface area (Å²) in [7, 11) is 0. The van der Waals surface area contributed by atoms with Crippen molar-refractivity contribution in [2.45, 2.75) is 276 Å². The van der Waals surface area contributed by atoms with E-state index in [1.54, 1.807) is 0 Å². The van der Waals surface area contributed by atoms with Gasteiger partial charge < -0.3 is 25.7 Å². The summed E-state index contributed by atoms with van der Waals surface area (Å²) < 4.78 is 0. The number of aliphatic hydroxyl groups is 4. The number of unbranched alkanes of at least 4 members (excludes halogenated alkanes) is 29. The minimum Gasteiger partial charge on any atom is -0.394 e. The van der Waals surface area contributed by atoms with Crippen molar-refractivity contribution in [3.05, 3.63) is 48.6 Å². The number of hydrogen-bond acceptors (Lipinski definition) is 5. The summed E-state index contributed by atoms with van der Waals surface area (Å²) >= 11 is 0. The van der Waals surface area contributed by atoms with Gasteiger partial charge in [-0.3, -0.25) is 4.79 Å². The van der Waals surface area contributed by atoms with Crippen LogP contribution >= 0.6 is 0 Å². The van der Waals surface area contributed by atoms with Gasteiger partial charge in [-0.2, -0.15) is 0 Å². The normalized spacial score (nSPS) is 14.3. The molecular formula is C53H99NO5. The lowest BCUT2D eigenvalue weighted by Crippen LogP contribution is -2.53. The molecule has 5 N–H and O–H groups in total. The topological polar surface area (TPSA) is 110 Å². The van der Waals surface area contributed by atoms with Crippen molar-refractivity contribution in [3.63, 3.8) is 0 Å². The molecule has 0 aliphatic rings. The highest BCUT2D eigenvalue weighted by molar-refractivity contribution is 5.80. The van der Waals surface area contributed by atoms with E-state index in [0.29, 0.717) is 19.3 Å². The molecule has 0 aliphatic carbocycles. The average Bonchev–Trinajstić information content (AvgIpc) is 3.24. The van der Waals surface area contributed by atoms with Crippen molar-refractivity contribution in [2.75, 3.05) is 6.61 Å². The largest absolute Gasteiger partial charge is 0.394 e. The summed E-state index contributed by atoms with van der Waals surface area (Å²) in [5, 5.41) is 43.8. The Hall–Kier alpha value is -1.73. The number of carbonyl (C=O) groups is 1. The Kier molecular flexibility index (Phi) is 45.9. The van der Waals surface area contributed by atoms with Gasteiger partial charge >= 0.3 is 0 Å². The molecule has 0 radical (unpaired) electrons. The van der Waals surface area contributed by atoms with Crippen LogP contribution in [0.3, 0.4) is 0 Å². The minimum absolute atomic E-state index is 0.357. The van der Waals surface area contributed by atoms with Crippen LogP contribution < -0.4 is 5.32 Å². The maximum absolute atomic E-state index is 12.5. The fraction of sp³-hybridized carbons (Fsp3) is 0.830. The van der Waals surface area contributed by atoms with Crippen molar-refractivity contribution < 1.29 is 25.2 Å². The highest BCUT2D eigenvalue weighted by Gasteiger charge is 2.28. The third-order valence-electron chi connectivity index (χ3n) is 11.7. The van der Waals surface area contributed by atoms with Crippen LogP contribution in [0.15, 0.2) is 48.6 Å². The molecule has 0 aromatic heterocycles. The first kappa shape index (κ1) is 57.3. The van der Waals surface area contributed by atoms with Crippen LogP contribution in [0.4, 0.5) is 0 Å². The van der Waals surface area contributed by atoms with Gasteiger partial charge in [0.2, 0.25) is 5.91 Å². The number of carbonyl (C=O) groups excluding carboxylic acids is 1. The Morgan fingerprint density at radius 3 is 1.17 bits per heavy atom. The van der Waals surface area contributed by atoms with Crippen molar-refractivity contribution in [2.24, 2.45) is 0 Å². The molecule has 0 saturated carbocycles. The number of hydrogen-bond donors (Lipinski definition) is 5. The van der Waals surface area contributed by atoms with E-state index in [1.807, 2.05) is 0 Å². The third-order valence-corrected chi connectivity index (χ3v) is 11.7. The summed E-state index contributed by atoms with van der Waals surface area (Å²) in [6, 6.07) is -1.01. The number of aliphatic hydroxyl groups excluding tert-OH is 4. The first-order valence-corrected chi connectivity index (χ1v) is 25.5. The predicted octanol–water partition coefficient (Wildman–Crippen LogP) is 14.2. The average molecular weight is 830 g/mol. The van der Waals surface area contributed by atoms with Gasteiger partial charge in [0.05, 0.1) is 18.8 Å². The van der Waals surface area contributed by atoms with Crippen LogP contribution in [0.1, 0.15) is 251 Å². The molecule has 0 aliphatic heterocycles. The van der Waals surface area contributed by atoms with Crippen molar-refractivity contribution in [1.82, 2.24) is 5.32 Å². The second-order valence-electron chi connectivity index (χ2n) is 17.5. The molecule has 0 bridgehead atoms. The molecule has 0 spiro atoms. The fourth-order valence-electron chi connectivity index (χ4n) is 7.69. The molecule has 0 fully saturated rings. The molecule has 0 saturated heterocycles. The zero-order valence-corrected chi connectivity index (χ0v) is 39.0. The highest BCUT2D eigenvalue weighted by Crippen LogP contribution is 2.16. The lowest BCUT2D eigenvalue weighted by molar-refractivity contribution is -0.132. The third kappa shape index (κ3) is 41.4. The van der Waals surface area contributed by atoms with Gasteiger partial charge in [0.25, 0.3) is 0 Å². The molecule has 6 nitrogen and oxygen atoms in total. The van der Waals surface area contributed by atoms with E-state index in [4.69, 9.17) is 0 Å². The molecule has 4 unspecified atom stereocenters. The molecule has 0 heterocycles. The monoisotopic (exact) mass is 830 g/mol. The first-order valence-electron chi connectivity index (χ1n) is 25.5. The van der Waals surface area contributed by atoms with Crippen LogP contribution in [0.25, 0.3) is 0 Å². The summed E-state index contributed by atoms with van der Waals surface area (Å²) in [6.45, 7) is 4.03.